The van der Waals surface area contributed by atoms with Crippen LogP contribution in [0.1, 0.15) is 19.7 Å². The van der Waals surface area contributed by atoms with Crippen molar-refractivity contribution in [3.8, 4) is 34.1 Å². The van der Waals surface area contributed by atoms with Crippen LogP contribution in [-0.2, 0) is 6.42 Å². The highest BCUT2D eigenvalue weighted by Crippen LogP contribution is 2.36. The first-order valence-corrected chi connectivity index (χ1v) is 9.47. The van der Waals surface area contributed by atoms with Crippen molar-refractivity contribution in [3.63, 3.8) is 0 Å². The average molecular weight is 375 g/mol. The van der Waals surface area contributed by atoms with E-state index in [2.05, 4.69) is 45.3 Å². The predicted octanol–water partition coefficient (Wildman–Crippen LogP) is 3.98. The second-order valence-electron chi connectivity index (χ2n) is 7.39. The number of nitrogens with one attached hydrogen (secondary N) is 2. The molecule has 2 aromatic heterocycles. The molecular formula is C21H21N5O2. The van der Waals surface area contributed by atoms with E-state index in [1.54, 1.807) is 0 Å². The highest BCUT2D eigenvalue weighted by molar-refractivity contribution is 5.95. The number of fused-ring (bicyclic) bond motifs is 2. The second-order valence-corrected chi connectivity index (χ2v) is 7.39. The SMILES string of the molecule is CC(C)Cc1nc(-c2ccc3[nH]nc(-c4ccc5c(c4)OCCO5)c3c2)n[nH]1. The number of aromatic amines is 2. The minimum Gasteiger partial charge on any atom is -0.486 e. The lowest BCUT2D eigenvalue weighted by Gasteiger charge is -2.18. The number of aromatic nitrogens is 5. The summed E-state index contributed by atoms with van der Waals surface area (Å²) in [6.07, 6.45) is 0.878. The lowest BCUT2D eigenvalue weighted by Crippen LogP contribution is -2.15. The summed E-state index contributed by atoms with van der Waals surface area (Å²) in [5.74, 6) is 3.66. The van der Waals surface area contributed by atoms with E-state index in [4.69, 9.17) is 9.47 Å². The molecule has 2 aromatic carbocycles. The molecular weight excluding hydrogens is 354 g/mol. The van der Waals surface area contributed by atoms with Crippen LogP contribution in [0.4, 0.5) is 0 Å². The zero-order valence-electron chi connectivity index (χ0n) is 15.8. The Balaban J connectivity index is 1.54. The molecule has 28 heavy (non-hydrogen) atoms. The van der Waals surface area contributed by atoms with Crippen molar-refractivity contribution < 1.29 is 9.47 Å². The van der Waals surface area contributed by atoms with Crippen LogP contribution in [0.2, 0.25) is 0 Å². The number of ether oxygens (including phenoxy) is 2. The Morgan fingerprint density at radius 1 is 0.929 bits per heavy atom. The lowest BCUT2D eigenvalue weighted by molar-refractivity contribution is 0.171. The molecule has 7 heteroatoms. The topological polar surface area (TPSA) is 88.7 Å². The Morgan fingerprint density at radius 3 is 2.61 bits per heavy atom. The maximum atomic E-state index is 5.71. The van der Waals surface area contributed by atoms with Gasteiger partial charge < -0.3 is 9.47 Å². The van der Waals surface area contributed by atoms with Crippen molar-refractivity contribution >= 4 is 10.9 Å². The van der Waals surface area contributed by atoms with Crippen molar-refractivity contribution in [1.82, 2.24) is 25.4 Å². The molecule has 0 radical (unpaired) electrons. The lowest BCUT2D eigenvalue weighted by atomic mass is 10.0. The van der Waals surface area contributed by atoms with Crippen LogP contribution in [0.3, 0.4) is 0 Å². The number of hydrogen-bond donors (Lipinski definition) is 2. The van der Waals surface area contributed by atoms with Gasteiger partial charge in [0.1, 0.15) is 24.7 Å². The molecule has 2 N–H and O–H groups in total. The van der Waals surface area contributed by atoms with Crippen LogP contribution < -0.4 is 9.47 Å². The van der Waals surface area contributed by atoms with Gasteiger partial charge in [-0.1, -0.05) is 13.8 Å². The van der Waals surface area contributed by atoms with Crippen LogP contribution >= 0.6 is 0 Å². The molecule has 0 bridgehead atoms. The molecule has 0 unspecified atom stereocenters. The summed E-state index contributed by atoms with van der Waals surface area (Å²) in [5.41, 5.74) is 3.76. The van der Waals surface area contributed by atoms with Crippen LogP contribution in [-0.4, -0.2) is 38.6 Å². The molecule has 0 fully saturated rings. The second kappa shape index (κ2) is 6.67. The standard InChI is InChI=1S/C21H21N5O2/c1-12(2)9-19-22-21(26-24-19)14-3-5-16-15(10-14)20(25-23-16)13-4-6-17-18(11-13)28-8-7-27-17/h3-6,10-12H,7-9H2,1-2H3,(H,23,25)(H,22,24,26). The number of hydrogen-bond acceptors (Lipinski definition) is 5. The molecule has 0 saturated heterocycles. The summed E-state index contributed by atoms with van der Waals surface area (Å²) in [4.78, 5) is 4.64. The average Bonchev–Trinajstić information content (AvgIpc) is 3.33. The zero-order chi connectivity index (χ0) is 19.1. The van der Waals surface area contributed by atoms with E-state index in [0.717, 1.165) is 51.5 Å². The maximum Gasteiger partial charge on any atom is 0.181 e. The Kier molecular flexibility index (Phi) is 4.00. The smallest absolute Gasteiger partial charge is 0.181 e. The van der Waals surface area contributed by atoms with Gasteiger partial charge in [0.2, 0.25) is 0 Å². The van der Waals surface area contributed by atoms with E-state index < -0.39 is 0 Å². The highest BCUT2D eigenvalue weighted by Gasteiger charge is 2.16. The Labute approximate surface area is 162 Å². The fourth-order valence-electron chi connectivity index (χ4n) is 3.47. The minimum absolute atomic E-state index is 0.527. The summed E-state index contributed by atoms with van der Waals surface area (Å²) < 4.78 is 11.3. The van der Waals surface area contributed by atoms with Crippen molar-refractivity contribution in [2.75, 3.05) is 13.2 Å². The Bertz CT molecular complexity index is 1140. The molecule has 0 saturated carbocycles. The quantitative estimate of drug-likeness (QED) is 0.563. The van der Waals surface area contributed by atoms with Gasteiger partial charge >= 0.3 is 0 Å². The summed E-state index contributed by atoms with van der Waals surface area (Å²) in [5, 5.41) is 16.1. The van der Waals surface area contributed by atoms with Crippen LogP contribution in [0.25, 0.3) is 33.5 Å². The van der Waals surface area contributed by atoms with Crippen molar-refractivity contribution in [3.05, 3.63) is 42.2 Å². The molecule has 142 valence electrons. The van der Waals surface area contributed by atoms with E-state index in [9.17, 15) is 0 Å². The molecule has 0 aliphatic carbocycles. The van der Waals surface area contributed by atoms with Gasteiger partial charge in [-0.2, -0.15) is 10.2 Å². The van der Waals surface area contributed by atoms with E-state index in [-0.39, 0.29) is 0 Å². The third-order valence-electron chi connectivity index (χ3n) is 4.77. The predicted molar refractivity (Wildman–Crippen MR) is 106 cm³/mol. The molecule has 1 aliphatic heterocycles. The van der Waals surface area contributed by atoms with E-state index >= 15 is 0 Å². The van der Waals surface area contributed by atoms with Gasteiger partial charge in [0.25, 0.3) is 0 Å². The Morgan fingerprint density at radius 2 is 1.75 bits per heavy atom. The van der Waals surface area contributed by atoms with Crippen molar-refractivity contribution in [2.24, 2.45) is 5.92 Å². The molecule has 7 nitrogen and oxygen atoms in total. The maximum absolute atomic E-state index is 5.71. The summed E-state index contributed by atoms with van der Waals surface area (Å²) in [7, 11) is 0. The Hall–Kier alpha value is -3.35. The number of H-pyrrole nitrogens is 2. The van der Waals surface area contributed by atoms with E-state index in [1.165, 1.54) is 0 Å². The third kappa shape index (κ3) is 2.98. The van der Waals surface area contributed by atoms with Crippen LogP contribution in [0.5, 0.6) is 11.5 Å². The number of benzene rings is 2. The minimum atomic E-state index is 0.527. The molecule has 1 aliphatic rings. The van der Waals surface area contributed by atoms with Gasteiger partial charge in [-0.15, -0.1) is 0 Å². The van der Waals surface area contributed by atoms with Crippen LogP contribution in [0, 0.1) is 5.92 Å². The molecule has 0 amide bonds. The van der Waals surface area contributed by atoms with Gasteiger partial charge in [-0.25, -0.2) is 4.98 Å². The largest absolute Gasteiger partial charge is 0.486 e. The first-order valence-electron chi connectivity index (χ1n) is 9.47. The highest BCUT2D eigenvalue weighted by atomic mass is 16.6. The molecule has 0 atom stereocenters. The molecule has 4 aromatic rings. The van der Waals surface area contributed by atoms with Gasteiger partial charge in [-0.3, -0.25) is 10.2 Å². The third-order valence-corrected chi connectivity index (χ3v) is 4.77. The summed E-state index contributed by atoms with van der Waals surface area (Å²) in [6.45, 7) is 5.47. The summed E-state index contributed by atoms with van der Waals surface area (Å²) in [6, 6.07) is 12.0. The number of rotatable bonds is 4. The number of nitrogens with zero attached hydrogens (tertiary/aromatic N) is 3. The zero-order valence-corrected chi connectivity index (χ0v) is 15.8. The van der Waals surface area contributed by atoms with Gasteiger partial charge in [0.05, 0.1) is 5.52 Å². The van der Waals surface area contributed by atoms with Gasteiger partial charge in [0.15, 0.2) is 17.3 Å². The van der Waals surface area contributed by atoms with Crippen molar-refractivity contribution in [2.45, 2.75) is 20.3 Å². The molecule has 5 rings (SSSR count). The van der Waals surface area contributed by atoms with Gasteiger partial charge in [0, 0.05) is 22.9 Å². The van der Waals surface area contributed by atoms with Gasteiger partial charge in [-0.05, 0) is 42.3 Å². The fourth-order valence-corrected chi connectivity index (χ4v) is 3.47. The van der Waals surface area contributed by atoms with E-state index in [1.807, 2.05) is 30.3 Å². The first-order chi connectivity index (χ1) is 13.7. The first kappa shape index (κ1) is 16.8. The monoisotopic (exact) mass is 375 g/mol. The normalized spacial score (nSPS) is 13.4. The summed E-state index contributed by atoms with van der Waals surface area (Å²) >= 11 is 0. The van der Waals surface area contributed by atoms with E-state index in [0.29, 0.717) is 25.0 Å². The van der Waals surface area contributed by atoms with Crippen molar-refractivity contribution in [1.29, 1.82) is 0 Å². The molecule has 3 heterocycles. The fraction of sp³-hybridized carbons (Fsp3) is 0.286. The van der Waals surface area contributed by atoms with Crippen LogP contribution in [0.15, 0.2) is 36.4 Å². The molecule has 0 spiro atoms.